The molecule has 138 valence electrons. The second kappa shape index (κ2) is 7.76. The number of hydrogen-bond donors (Lipinski definition) is 3. The monoisotopic (exact) mass is 362 g/mol. The third-order valence-corrected chi connectivity index (χ3v) is 4.59. The maximum Gasteiger partial charge on any atom is 0.280 e. The van der Waals surface area contributed by atoms with E-state index in [1.165, 1.54) is 18.3 Å². The number of pyridine rings is 1. The molecule has 2 aromatic rings. The number of nitrogens with one attached hydrogen (secondary N) is 1. The first-order valence-corrected chi connectivity index (χ1v) is 8.43. The van der Waals surface area contributed by atoms with Gasteiger partial charge < -0.3 is 16.2 Å². The lowest BCUT2D eigenvalue weighted by Gasteiger charge is -2.26. The summed E-state index contributed by atoms with van der Waals surface area (Å²) in [7, 11) is 0. The predicted octanol–water partition coefficient (Wildman–Crippen LogP) is 3.16. The smallest absolute Gasteiger partial charge is 0.280 e. The minimum absolute atomic E-state index is 0.0823. The van der Waals surface area contributed by atoms with Crippen LogP contribution in [0.1, 0.15) is 55.6 Å². The molecule has 1 aliphatic rings. The summed E-state index contributed by atoms with van der Waals surface area (Å²) in [5.41, 5.74) is 6.12. The van der Waals surface area contributed by atoms with Gasteiger partial charge in [-0.15, -0.1) is 0 Å². The Labute approximate surface area is 149 Å². The average Bonchev–Trinajstić information content (AvgIpc) is 3.06. The number of aliphatic hydroxyl groups is 1. The Morgan fingerprint density at radius 1 is 1.35 bits per heavy atom. The van der Waals surface area contributed by atoms with Crippen molar-refractivity contribution in [3.05, 3.63) is 35.8 Å². The van der Waals surface area contributed by atoms with E-state index in [1.807, 2.05) is 0 Å². The highest BCUT2D eigenvalue weighted by atomic mass is 19.3. The van der Waals surface area contributed by atoms with Crippen molar-refractivity contribution in [1.82, 2.24) is 14.8 Å². The summed E-state index contributed by atoms with van der Waals surface area (Å²) in [5.74, 6) is 0.167. The Kier molecular flexibility index (Phi) is 5.44. The number of hydrogen-bond acceptors (Lipinski definition) is 6. The van der Waals surface area contributed by atoms with Crippen LogP contribution in [0.5, 0.6) is 0 Å². The SMILES string of the molecule is N#CC1CCCCC1n1cc(C(N)O)c(Nc2ccc(C(F)F)nc2)n1. The lowest BCUT2D eigenvalue weighted by Crippen LogP contribution is -2.22. The van der Waals surface area contributed by atoms with Gasteiger partial charge in [-0.05, 0) is 25.0 Å². The molecule has 3 unspecified atom stereocenters. The van der Waals surface area contributed by atoms with Crippen LogP contribution < -0.4 is 11.1 Å². The van der Waals surface area contributed by atoms with E-state index in [2.05, 4.69) is 21.5 Å². The molecular formula is C17H20F2N6O. The number of alkyl halides is 2. The molecule has 26 heavy (non-hydrogen) atoms. The summed E-state index contributed by atoms with van der Waals surface area (Å²) in [5, 5.41) is 26.6. The van der Waals surface area contributed by atoms with Gasteiger partial charge in [-0.1, -0.05) is 12.8 Å². The Hall–Kier alpha value is -2.57. The molecular weight excluding hydrogens is 342 g/mol. The Bertz CT molecular complexity index is 784. The van der Waals surface area contributed by atoms with Gasteiger partial charge in [0.1, 0.15) is 11.9 Å². The van der Waals surface area contributed by atoms with Crippen molar-refractivity contribution in [2.45, 2.75) is 44.4 Å². The van der Waals surface area contributed by atoms with E-state index in [0.717, 1.165) is 25.7 Å². The number of nitriles is 1. The van der Waals surface area contributed by atoms with E-state index in [9.17, 15) is 19.1 Å². The van der Waals surface area contributed by atoms with Crippen LogP contribution in [0.25, 0.3) is 0 Å². The van der Waals surface area contributed by atoms with Crippen LogP contribution in [0.2, 0.25) is 0 Å². The minimum atomic E-state index is -2.64. The van der Waals surface area contributed by atoms with E-state index >= 15 is 0 Å². The first-order valence-electron chi connectivity index (χ1n) is 8.43. The number of nitrogens with zero attached hydrogens (tertiary/aromatic N) is 4. The Balaban J connectivity index is 1.86. The Morgan fingerprint density at radius 3 is 2.73 bits per heavy atom. The number of halogens is 2. The van der Waals surface area contributed by atoms with Crippen LogP contribution in [-0.4, -0.2) is 19.9 Å². The molecule has 1 fully saturated rings. The molecule has 9 heteroatoms. The molecule has 0 aliphatic heterocycles. The average molecular weight is 362 g/mol. The first kappa shape index (κ1) is 18.2. The van der Waals surface area contributed by atoms with E-state index in [0.29, 0.717) is 17.1 Å². The largest absolute Gasteiger partial charge is 0.374 e. The third-order valence-electron chi connectivity index (χ3n) is 4.59. The topological polar surface area (TPSA) is 113 Å². The van der Waals surface area contributed by atoms with Crippen molar-refractivity contribution in [2.24, 2.45) is 11.7 Å². The van der Waals surface area contributed by atoms with Gasteiger partial charge in [0.05, 0.1) is 35.5 Å². The molecule has 1 saturated carbocycles. The van der Waals surface area contributed by atoms with E-state index < -0.39 is 12.7 Å². The van der Waals surface area contributed by atoms with Gasteiger partial charge in [0, 0.05) is 6.20 Å². The highest BCUT2D eigenvalue weighted by Gasteiger charge is 2.28. The molecule has 0 spiro atoms. The van der Waals surface area contributed by atoms with Crippen molar-refractivity contribution in [3.8, 4) is 6.07 Å². The summed E-state index contributed by atoms with van der Waals surface area (Å²) in [6.07, 6.45) is 2.65. The quantitative estimate of drug-likeness (QED) is 0.704. The zero-order valence-corrected chi connectivity index (χ0v) is 14.0. The van der Waals surface area contributed by atoms with Gasteiger partial charge >= 0.3 is 0 Å². The summed E-state index contributed by atoms with van der Waals surface area (Å²) < 4.78 is 26.9. The summed E-state index contributed by atoms with van der Waals surface area (Å²) >= 11 is 0. The van der Waals surface area contributed by atoms with Crippen molar-refractivity contribution in [2.75, 3.05) is 5.32 Å². The fourth-order valence-electron chi connectivity index (χ4n) is 3.21. The van der Waals surface area contributed by atoms with Gasteiger partial charge in [-0.2, -0.15) is 10.4 Å². The predicted molar refractivity (Wildman–Crippen MR) is 90.5 cm³/mol. The van der Waals surface area contributed by atoms with Crippen LogP contribution in [0.3, 0.4) is 0 Å². The molecule has 4 N–H and O–H groups in total. The van der Waals surface area contributed by atoms with E-state index in [-0.39, 0.29) is 17.7 Å². The molecule has 1 aliphatic carbocycles. The lowest BCUT2D eigenvalue weighted by molar-refractivity contribution is 0.146. The van der Waals surface area contributed by atoms with Crippen molar-refractivity contribution < 1.29 is 13.9 Å². The molecule has 0 amide bonds. The maximum atomic E-state index is 12.6. The fraction of sp³-hybridized carbons (Fsp3) is 0.471. The maximum absolute atomic E-state index is 12.6. The second-order valence-electron chi connectivity index (χ2n) is 6.34. The number of anilines is 2. The third kappa shape index (κ3) is 3.81. The molecule has 2 aromatic heterocycles. The zero-order valence-electron chi connectivity index (χ0n) is 14.0. The fourth-order valence-corrected chi connectivity index (χ4v) is 3.21. The Morgan fingerprint density at radius 2 is 2.12 bits per heavy atom. The van der Waals surface area contributed by atoms with Crippen molar-refractivity contribution in [1.29, 1.82) is 5.26 Å². The van der Waals surface area contributed by atoms with E-state index in [4.69, 9.17) is 5.73 Å². The highest BCUT2D eigenvalue weighted by molar-refractivity contribution is 5.58. The number of aliphatic hydroxyl groups excluding tert-OH is 1. The number of nitrogens with two attached hydrogens (primary N) is 1. The van der Waals surface area contributed by atoms with Crippen LogP contribution >= 0.6 is 0 Å². The zero-order chi connectivity index (χ0) is 18.7. The summed E-state index contributed by atoms with van der Waals surface area (Å²) in [6.45, 7) is 0. The van der Waals surface area contributed by atoms with Gasteiger partial charge in [0.25, 0.3) is 6.43 Å². The molecule has 2 heterocycles. The second-order valence-corrected chi connectivity index (χ2v) is 6.34. The molecule has 0 aromatic carbocycles. The van der Waals surface area contributed by atoms with Gasteiger partial charge in [0.2, 0.25) is 0 Å². The number of rotatable bonds is 5. The summed E-state index contributed by atoms with van der Waals surface area (Å²) in [6, 6.07) is 4.91. The van der Waals surface area contributed by atoms with E-state index in [1.54, 1.807) is 10.9 Å². The van der Waals surface area contributed by atoms with Crippen molar-refractivity contribution >= 4 is 11.5 Å². The molecule has 0 bridgehead atoms. The molecule has 0 radical (unpaired) electrons. The molecule has 0 saturated heterocycles. The molecule has 3 atom stereocenters. The van der Waals surface area contributed by atoms with Crippen LogP contribution in [0, 0.1) is 17.2 Å². The van der Waals surface area contributed by atoms with Gasteiger partial charge in [0.15, 0.2) is 5.82 Å². The number of aromatic nitrogens is 3. The first-order chi connectivity index (χ1) is 12.5. The normalized spacial score (nSPS) is 21.4. The lowest BCUT2D eigenvalue weighted by atomic mass is 9.85. The minimum Gasteiger partial charge on any atom is -0.374 e. The van der Waals surface area contributed by atoms with Crippen LogP contribution in [0.4, 0.5) is 20.3 Å². The van der Waals surface area contributed by atoms with Crippen LogP contribution in [-0.2, 0) is 0 Å². The van der Waals surface area contributed by atoms with Crippen LogP contribution in [0.15, 0.2) is 24.5 Å². The van der Waals surface area contributed by atoms with Crippen molar-refractivity contribution in [3.63, 3.8) is 0 Å². The molecule has 3 rings (SSSR count). The summed E-state index contributed by atoms with van der Waals surface area (Å²) in [4.78, 5) is 3.69. The standard InChI is InChI=1S/C17H20F2N6O/c18-15(19)13-6-5-11(8-22-13)23-17-12(16(21)26)9-25(24-17)14-4-2-1-3-10(14)7-20/h5-6,8-10,14-16,26H,1-4,21H2,(H,23,24). The van der Waals surface area contributed by atoms with Gasteiger partial charge in [-0.25, -0.2) is 8.78 Å². The van der Waals surface area contributed by atoms with Gasteiger partial charge in [-0.3, -0.25) is 9.67 Å². The highest BCUT2D eigenvalue weighted by Crippen LogP contribution is 2.35. The molecule has 7 nitrogen and oxygen atoms in total.